The van der Waals surface area contributed by atoms with E-state index in [1.807, 2.05) is 6.08 Å². The number of oxime groups is 1. The third-order valence-electron chi connectivity index (χ3n) is 6.97. The number of carbonyl (C=O) groups excluding carboxylic acids is 1. The minimum Gasteiger partial charge on any atom is -0.411 e. The first-order chi connectivity index (χ1) is 11.0. The second-order valence-corrected chi connectivity index (χ2v) is 7.97. The highest BCUT2D eigenvalue weighted by Crippen LogP contribution is 2.62. The fourth-order valence-corrected chi connectivity index (χ4v) is 5.61. The minimum atomic E-state index is -1.47. The van der Waals surface area contributed by atoms with Gasteiger partial charge in [0.15, 0.2) is 11.5 Å². The van der Waals surface area contributed by atoms with Gasteiger partial charge in [0.2, 0.25) is 0 Å². The molecule has 0 aromatic rings. The van der Waals surface area contributed by atoms with Crippen LogP contribution in [0.1, 0.15) is 64.7 Å². The van der Waals surface area contributed by atoms with Crippen LogP contribution in [0.25, 0.3) is 0 Å². The summed E-state index contributed by atoms with van der Waals surface area (Å²) in [7, 11) is 0. The molecule has 2 fully saturated rings. The number of allylic oxidation sites excluding steroid dienone is 2. The van der Waals surface area contributed by atoms with Gasteiger partial charge in [-0.3, -0.25) is 4.79 Å². The Balaban J connectivity index is 1.84. The van der Waals surface area contributed by atoms with Gasteiger partial charge < -0.3 is 5.21 Å². The number of hydrogen-bond donors (Lipinski definition) is 1. The quantitative estimate of drug-likeness (QED) is 0.433. The van der Waals surface area contributed by atoms with Gasteiger partial charge in [-0.1, -0.05) is 18.2 Å². The van der Waals surface area contributed by atoms with E-state index >= 15 is 4.39 Å². The third-order valence-corrected chi connectivity index (χ3v) is 6.97. The molecule has 1 N–H and O–H groups in total. The van der Waals surface area contributed by atoms with E-state index in [0.29, 0.717) is 30.6 Å². The first kappa shape index (κ1) is 16.7. The van der Waals surface area contributed by atoms with E-state index in [1.54, 1.807) is 6.08 Å². The Hall–Kier alpha value is -1.19. The SMILES string of the molecule is C[C@]12CCC3CCCC(=O)/C=C/CCC3C1CC[C@]2(F)/C=N/O. The van der Waals surface area contributed by atoms with E-state index in [1.165, 1.54) is 0 Å². The number of carbonyl (C=O) groups is 1. The number of ketones is 1. The monoisotopic (exact) mass is 321 g/mol. The Morgan fingerprint density at radius 1 is 1.30 bits per heavy atom. The lowest BCUT2D eigenvalue weighted by molar-refractivity contribution is -0.114. The van der Waals surface area contributed by atoms with Crippen molar-refractivity contribution in [1.82, 2.24) is 0 Å². The van der Waals surface area contributed by atoms with Crippen LogP contribution in [-0.4, -0.2) is 22.9 Å². The van der Waals surface area contributed by atoms with Crippen LogP contribution in [0, 0.1) is 23.2 Å². The molecule has 0 heterocycles. The van der Waals surface area contributed by atoms with Crippen molar-refractivity contribution in [2.24, 2.45) is 28.3 Å². The number of hydrogen-bond acceptors (Lipinski definition) is 3. The van der Waals surface area contributed by atoms with Crippen molar-refractivity contribution in [3.8, 4) is 0 Å². The maximum Gasteiger partial charge on any atom is 0.155 e. The fraction of sp³-hybridized carbons (Fsp3) is 0.789. The van der Waals surface area contributed by atoms with E-state index < -0.39 is 11.1 Å². The van der Waals surface area contributed by atoms with Crippen molar-refractivity contribution in [1.29, 1.82) is 0 Å². The van der Waals surface area contributed by atoms with Gasteiger partial charge in [0.1, 0.15) is 0 Å². The highest BCUT2D eigenvalue weighted by Gasteiger charge is 2.61. The summed E-state index contributed by atoms with van der Waals surface area (Å²) in [6.07, 6.45) is 12.7. The minimum absolute atomic E-state index is 0.242. The van der Waals surface area contributed by atoms with Gasteiger partial charge in [0, 0.05) is 11.8 Å². The van der Waals surface area contributed by atoms with Crippen molar-refractivity contribution in [2.45, 2.75) is 70.4 Å². The normalized spacial score (nSPS) is 46.3. The van der Waals surface area contributed by atoms with Crippen molar-refractivity contribution in [2.75, 3.05) is 0 Å². The van der Waals surface area contributed by atoms with Crippen molar-refractivity contribution in [3.63, 3.8) is 0 Å². The number of halogens is 1. The zero-order valence-electron chi connectivity index (χ0n) is 14.0. The zero-order chi connectivity index (χ0) is 16.5. The predicted molar refractivity (Wildman–Crippen MR) is 88.4 cm³/mol. The van der Waals surface area contributed by atoms with Crippen LogP contribution in [0.5, 0.6) is 0 Å². The van der Waals surface area contributed by atoms with Crippen LogP contribution in [0.3, 0.4) is 0 Å². The summed E-state index contributed by atoms with van der Waals surface area (Å²) < 4.78 is 15.4. The summed E-state index contributed by atoms with van der Waals surface area (Å²) in [5.74, 6) is 1.73. The lowest BCUT2D eigenvalue weighted by Gasteiger charge is -2.50. The molecule has 4 heteroatoms. The van der Waals surface area contributed by atoms with Crippen LogP contribution in [0.2, 0.25) is 0 Å². The van der Waals surface area contributed by atoms with Crippen molar-refractivity contribution < 1.29 is 14.4 Å². The molecule has 0 bridgehead atoms. The van der Waals surface area contributed by atoms with Gasteiger partial charge in [-0.05, 0) is 75.2 Å². The Bertz CT molecular complexity index is 517. The van der Waals surface area contributed by atoms with Gasteiger partial charge in [0.05, 0.1) is 6.21 Å². The smallest absolute Gasteiger partial charge is 0.155 e. The van der Waals surface area contributed by atoms with E-state index in [2.05, 4.69) is 12.1 Å². The topological polar surface area (TPSA) is 49.7 Å². The van der Waals surface area contributed by atoms with E-state index in [4.69, 9.17) is 5.21 Å². The van der Waals surface area contributed by atoms with Crippen LogP contribution in [-0.2, 0) is 4.79 Å². The fourth-order valence-electron chi connectivity index (χ4n) is 5.61. The Morgan fingerprint density at radius 2 is 2.13 bits per heavy atom. The summed E-state index contributed by atoms with van der Waals surface area (Å²) in [5.41, 5.74) is -1.89. The van der Waals surface area contributed by atoms with Gasteiger partial charge in [-0.15, -0.1) is 0 Å². The highest BCUT2D eigenvalue weighted by atomic mass is 19.1. The molecule has 5 atom stereocenters. The second kappa shape index (κ2) is 6.37. The van der Waals surface area contributed by atoms with E-state index in [9.17, 15) is 4.79 Å². The molecule has 0 radical (unpaired) electrons. The van der Waals surface area contributed by atoms with Gasteiger partial charge in [-0.25, -0.2) is 4.39 Å². The number of rotatable bonds is 1. The molecule has 128 valence electrons. The van der Waals surface area contributed by atoms with E-state index in [-0.39, 0.29) is 5.78 Å². The van der Waals surface area contributed by atoms with Gasteiger partial charge in [-0.2, -0.15) is 0 Å². The molecule has 0 aromatic heterocycles. The molecule has 2 saturated carbocycles. The van der Waals surface area contributed by atoms with Gasteiger partial charge in [0.25, 0.3) is 0 Å². The standard InChI is InChI=1S/C19H28FNO2/c1-18-11-9-14-5-4-7-15(22)6-2-3-8-16(14)17(18)10-12-19(18,20)13-21-23/h2,6,13-14,16-17,23H,3-5,7-12H2,1H3/b6-2+,21-13+/t14?,16?,17?,18-,19-/m0/s1. The van der Waals surface area contributed by atoms with Crippen LogP contribution in [0.15, 0.2) is 17.3 Å². The van der Waals surface area contributed by atoms with Crippen LogP contribution >= 0.6 is 0 Å². The maximum absolute atomic E-state index is 15.4. The Kier molecular flexibility index (Phi) is 4.61. The molecule has 0 amide bonds. The lowest BCUT2D eigenvalue weighted by atomic mass is 9.56. The summed E-state index contributed by atoms with van der Waals surface area (Å²) in [5, 5.41) is 11.9. The molecular weight excluding hydrogens is 293 g/mol. The molecule has 0 aliphatic heterocycles. The Morgan fingerprint density at radius 3 is 2.91 bits per heavy atom. The first-order valence-electron chi connectivity index (χ1n) is 9.07. The molecule has 23 heavy (non-hydrogen) atoms. The summed E-state index contributed by atoms with van der Waals surface area (Å²) in [4.78, 5) is 11.7. The molecule has 0 spiro atoms. The number of nitrogens with zero attached hydrogens (tertiary/aromatic N) is 1. The molecule has 0 saturated heterocycles. The lowest BCUT2D eigenvalue weighted by Crippen LogP contribution is -2.49. The molecular formula is C19H28FNO2. The predicted octanol–water partition coefficient (Wildman–Crippen LogP) is 4.69. The van der Waals surface area contributed by atoms with Crippen molar-refractivity contribution >= 4 is 12.0 Å². The molecule has 3 nitrogen and oxygen atoms in total. The van der Waals surface area contributed by atoms with Crippen LogP contribution in [0.4, 0.5) is 4.39 Å². The molecule has 3 rings (SSSR count). The molecule has 0 aromatic carbocycles. The average Bonchev–Trinajstić information content (AvgIpc) is 2.78. The maximum atomic E-state index is 15.4. The molecule has 3 aliphatic rings. The zero-order valence-corrected chi connectivity index (χ0v) is 14.0. The average molecular weight is 321 g/mol. The number of fused-ring (bicyclic) bond motifs is 3. The molecule has 3 unspecified atom stereocenters. The highest BCUT2D eigenvalue weighted by molar-refractivity contribution is 5.89. The number of alkyl halides is 1. The third kappa shape index (κ3) is 2.85. The molecule has 3 aliphatic carbocycles. The summed E-state index contributed by atoms with van der Waals surface area (Å²) in [6, 6.07) is 0. The van der Waals surface area contributed by atoms with E-state index in [0.717, 1.165) is 51.2 Å². The Labute approximate surface area is 138 Å². The van der Waals surface area contributed by atoms with Crippen molar-refractivity contribution in [3.05, 3.63) is 12.2 Å². The van der Waals surface area contributed by atoms with Crippen LogP contribution < -0.4 is 0 Å². The second-order valence-electron chi connectivity index (χ2n) is 7.97. The largest absolute Gasteiger partial charge is 0.411 e. The summed E-state index contributed by atoms with van der Waals surface area (Å²) in [6.45, 7) is 2.06. The first-order valence-corrected chi connectivity index (χ1v) is 9.07. The summed E-state index contributed by atoms with van der Waals surface area (Å²) >= 11 is 0. The van der Waals surface area contributed by atoms with Gasteiger partial charge >= 0.3 is 0 Å².